The number of benzene rings is 1. The molecule has 0 spiro atoms. The van der Waals surface area contributed by atoms with Gasteiger partial charge in [0, 0.05) is 36.8 Å². The highest BCUT2D eigenvalue weighted by Gasteiger charge is 2.19. The second-order valence-electron chi connectivity index (χ2n) is 7.38. The van der Waals surface area contributed by atoms with Gasteiger partial charge in [-0.2, -0.15) is 4.98 Å². The van der Waals surface area contributed by atoms with Crippen LogP contribution in [0, 0.1) is 0 Å². The molecule has 0 radical (unpaired) electrons. The normalized spacial score (nSPS) is 14.4. The lowest BCUT2D eigenvalue weighted by Crippen LogP contribution is -2.45. The number of carbonyl (C=O) groups excluding carboxylic acids is 1. The second kappa shape index (κ2) is 10.5. The van der Waals surface area contributed by atoms with E-state index in [2.05, 4.69) is 27.1 Å². The summed E-state index contributed by atoms with van der Waals surface area (Å²) in [4.78, 5) is 27.1. The van der Waals surface area contributed by atoms with E-state index in [9.17, 15) is 4.79 Å². The van der Waals surface area contributed by atoms with Crippen molar-refractivity contribution in [2.75, 3.05) is 50.0 Å². The van der Waals surface area contributed by atoms with Crippen LogP contribution in [0.4, 0.5) is 11.6 Å². The van der Waals surface area contributed by atoms with Crippen molar-refractivity contribution in [3.8, 4) is 5.88 Å². The number of nitrogens with two attached hydrogens (primary N) is 1. The molecule has 3 aromatic rings. The van der Waals surface area contributed by atoms with Crippen molar-refractivity contribution in [3.63, 3.8) is 0 Å². The zero-order valence-corrected chi connectivity index (χ0v) is 18.7. The van der Waals surface area contributed by atoms with Crippen LogP contribution in [0.25, 0.3) is 0 Å². The second-order valence-corrected chi connectivity index (χ2v) is 8.50. The number of rotatable bonds is 8. The molecule has 4 rings (SSSR count). The minimum Gasteiger partial charge on any atom is -0.469 e. The highest BCUT2D eigenvalue weighted by molar-refractivity contribution is 7.99. The maximum atomic E-state index is 11.6. The molecule has 3 heterocycles. The van der Waals surface area contributed by atoms with Crippen LogP contribution >= 0.6 is 11.8 Å². The van der Waals surface area contributed by atoms with E-state index >= 15 is 0 Å². The Kier molecular flexibility index (Phi) is 7.25. The molecule has 10 heteroatoms. The molecule has 0 bridgehead atoms. The lowest BCUT2D eigenvalue weighted by Gasteiger charge is -2.32. The number of aromatic nitrogens is 2. The van der Waals surface area contributed by atoms with Crippen LogP contribution in [0.15, 0.2) is 63.1 Å². The first-order chi connectivity index (χ1) is 15.6. The summed E-state index contributed by atoms with van der Waals surface area (Å²) >= 11 is 1.47. The fraction of sp³-hybridized carbons (Fsp3) is 0.318. The van der Waals surface area contributed by atoms with Crippen LogP contribution in [0.2, 0.25) is 0 Å². The monoisotopic (exact) mass is 454 g/mol. The van der Waals surface area contributed by atoms with Crippen molar-refractivity contribution >= 4 is 29.3 Å². The summed E-state index contributed by atoms with van der Waals surface area (Å²) in [5.41, 5.74) is 6.07. The summed E-state index contributed by atoms with van der Waals surface area (Å²) in [6.07, 6.45) is 3.40. The minimum atomic E-state index is -0.241. The molecule has 1 aliphatic rings. The van der Waals surface area contributed by atoms with E-state index in [1.165, 1.54) is 11.8 Å². The van der Waals surface area contributed by atoms with E-state index in [1.807, 2.05) is 36.4 Å². The summed E-state index contributed by atoms with van der Waals surface area (Å²) in [6, 6.07) is 11.2. The van der Waals surface area contributed by atoms with Crippen molar-refractivity contribution in [3.05, 3.63) is 54.6 Å². The highest BCUT2D eigenvalue weighted by Crippen LogP contribution is 2.35. The average Bonchev–Trinajstić information content (AvgIpc) is 3.33. The van der Waals surface area contributed by atoms with Crippen molar-refractivity contribution in [1.82, 2.24) is 14.9 Å². The van der Waals surface area contributed by atoms with Gasteiger partial charge in [0.1, 0.15) is 12.4 Å². The molecule has 32 heavy (non-hydrogen) atoms. The molecule has 1 aliphatic heterocycles. The number of amides is 1. The van der Waals surface area contributed by atoms with Crippen LogP contribution < -0.4 is 20.7 Å². The third kappa shape index (κ3) is 5.78. The van der Waals surface area contributed by atoms with Gasteiger partial charge in [0.15, 0.2) is 0 Å². The Hall–Kier alpha value is -3.08. The van der Waals surface area contributed by atoms with Gasteiger partial charge in [-0.15, -0.1) is 0 Å². The molecule has 1 saturated heterocycles. The zero-order valence-electron chi connectivity index (χ0n) is 17.9. The Morgan fingerprint density at radius 1 is 1.25 bits per heavy atom. The fourth-order valence-electron chi connectivity index (χ4n) is 3.19. The van der Waals surface area contributed by atoms with Crippen molar-refractivity contribution < 1.29 is 13.9 Å². The standard InChI is InChI=1S/C22H26N6O3S/c1-27-7-9-28(10-8-27)22-24-14-19(21(26-22)31-15-17-5-3-11-30-17)32-18-6-2-4-16(12-18)25-20(29)13-23/h2-6,11-12,14H,7-10,13,15,23H2,1H3,(H,25,29). The van der Waals surface area contributed by atoms with Crippen LogP contribution in [0.3, 0.4) is 0 Å². The predicted octanol–water partition coefficient (Wildman–Crippen LogP) is 2.45. The average molecular weight is 455 g/mol. The molecule has 1 aromatic carbocycles. The number of anilines is 2. The van der Waals surface area contributed by atoms with Gasteiger partial charge in [-0.3, -0.25) is 4.79 Å². The Morgan fingerprint density at radius 2 is 2.09 bits per heavy atom. The molecule has 0 saturated carbocycles. The smallest absolute Gasteiger partial charge is 0.238 e. The number of hydrogen-bond acceptors (Lipinski definition) is 9. The number of nitrogens with one attached hydrogen (secondary N) is 1. The summed E-state index contributed by atoms with van der Waals surface area (Å²) in [5.74, 6) is 1.62. The number of furan rings is 1. The van der Waals surface area contributed by atoms with Gasteiger partial charge in [0.25, 0.3) is 0 Å². The van der Waals surface area contributed by atoms with E-state index in [0.29, 0.717) is 23.3 Å². The predicted molar refractivity (Wildman–Crippen MR) is 123 cm³/mol. The van der Waals surface area contributed by atoms with Gasteiger partial charge in [0.2, 0.25) is 17.7 Å². The van der Waals surface area contributed by atoms with Gasteiger partial charge in [0.05, 0.1) is 23.9 Å². The minimum absolute atomic E-state index is 0.0657. The molecule has 9 nitrogen and oxygen atoms in total. The van der Waals surface area contributed by atoms with Crippen LogP contribution in [0.1, 0.15) is 5.76 Å². The molecule has 3 N–H and O–H groups in total. The first-order valence-corrected chi connectivity index (χ1v) is 11.2. The lowest BCUT2D eigenvalue weighted by molar-refractivity contribution is -0.114. The maximum Gasteiger partial charge on any atom is 0.238 e. The number of piperazine rings is 1. The Morgan fingerprint density at radius 3 is 2.84 bits per heavy atom. The van der Waals surface area contributed by atoms with Gasteiger partial charge in [-0.1, -0.05) is 17.8 Å². The van der Waals surface area contributed by atoms with Crippen LogP contribution in [-0.4, -0.2) is 60.5 Å². The quantitative estimate of drug-likeness (QED) is 0.530. The van der Waals surface area contributed by atoms with E-state index in [4.69, 9.17) is 19.9 Å². The summed E-state index contributed by atoms with van der Waals surface area (Å²) in [5, 5.41) is 2.77. The first kappa shape index (κ1) is 22.1. The maximum absolute atomic E-state index is 11.6. The summed E-state index contributed by atoms with van der Waals surface area (Å²) in [6.45, 7) is 3.86. The van der Waals surface area contributed by atoms with Gasteiger partial charge in [-0.05, 0) is 37.4 Å². The number of hydrogen-bond donors (Lipinski definition) is 2. The molecule has 1 amide bonds. The van der Waals surface area contributed by atoms with Gasteiger partial charge in [-0.25, -0.2) is 4.98 Å². The fourth-order valence-corrected chi connectivity index (χ4v) is 4.07. The molecule has 168 valence electrons. The molecular formula is C22H26N6O3S. The van der Waals surface area contributed by atoms with Crippen molar-refractivity contribution in [2.24, 2.45) is 5.73 Å². The Labute approximate surface area is 191 Å². The third-order valence-corrected chi connectivity index (χ3v) is 5.95. The molecule has 0 unspecified atom stereocenters. The van der Waals surface area contributed by atoms with E-state index in [1.54, 1.807) is 12.5 Å². The number of carbonyl (C=O) groups is 1. The van der Waals surface area contributed by atoms with Crippen LogP contribution in [-0.2, 0) is 11.4 Å². The van der Waals surface area contributed by atoms with Gasteiger partial charge >= 0.3 is 0 Å². The Balaban J connectivity index is 1.55. The van der Waals surface area contributed by atoms with Gasteiger partial charge < -0.3 is 30.0 Å². The molecular weight excluding hydrogens is 428 g/mol. The SMILES string of the molecule is CN1CCN(c2ncc(Sc3cccc(NC(=O)CN)c3)c(OCc3ccco3)n2)CC1. The summed E-state index contributed by atoms with van der Waals surface area (Å²) < 4.78 is 11.4. The van der Waals surface area contributed by atoms with E-state index in [0.717, 1.165) is 36.0 Å². The number of nitrogens with zero attached hydrogens (tertiary/aromatic N) is 4. The molecule has 1 fully saturated rings. The number of likely N-dealkylation sites (N-methyl/N-ethyl adjacent to an activating group) is 1. The van der Waals surface area contributed by atoms with Crippen LogP contribution in [0.5, 0.6) is 5.88 Å². The highest BCUT2D eigenvalue weighted by atomic mass is 32.2. The third-order valence-electron chi connectivity index (χ3n) is 4.96. The van der Waals surface area contributed by atoms with Crippen molar-refractivity contribution in [2.45, 2.75) is 16.4 Å². The summed E-state index contributed by atoms with van der Waals surface area (Å²) in [7, 11) is 2.11. The van der Waals surface area contributed by atoms with E-state index < -0.39 is 0 Å². The van der Waals surface area contributed by atoms with E-state index in [-0.39, 0.29) is 19.1 Å². The lowest BCUT2D eigenvalue weighted by atomic mass is 10.3. The first-order valence-electron chi connectivity index (χ1n) is 10.3. The molecule has 2 aromatic heterocycles. The number of ether oxygens (including phenoxy) is 1. The largest absolute Gasteiger partial charge is 0.469 e. The zero-order chi connectivity index (χ0) is 22.3. The Bertz CT molecular complexity index is 1040. The van der Waals surface area contributed by atoms with Crippen molar-refractivity contribution in [1.29, 1.82) is 0 Å². The molecule has 0 atom stereocenters. The topological polar surface area (TPSA) is 110 Å². The molecule has 0 aliphatic carbocycles.